The molecule has 25 heavy (non-hydrogen) atoms. The maximum atomic E-state index is 9.55. The van der Waals surface area contributed by atoms with Gasteiger partial charge in [0.15, 0.2) is 5.82 Å². The summed E-state index contributed by atoms with van der Waals surface area (Å²) in [6.45, 7) is 0. The van der Waals surface area contributed by atoms with E-state index < -0.39 is 0 Å². The summed E-state index contributed by atoms with van der Waals surface area (Å²) in [5.41, 5.74) is 2.90. The highest BCUT2D eigenvalue weighted by molar-refractivity contribution is 7.19. The predicted octanol–water partition coefficient (Wildman–Crippen LogP) is 3.68. The third kappa shape index (κ3) is 2.85. The lowest BCUT2D eigenvalue weighted by atomic mass is 10.1. The maximum absolute atomic E-state index is 9.55. The molecule has 0 saturated carbocycles. The standard InChI is InChI=1S/C18H14N4O2S/c1-22-18(19-20-21-22)15-10-16(11-2-6-13(23)7-3-11)25-17(15)12-4-8-14(24)9-5-12/h2-10,23-24H,1H3. The van der Waals surface area contributed by atoms with Crippen LogP contribution >= 0.6 is 11.3 Å². The van der Waals surface area contributed by atoms with E-state index in [0.29, 0.717) is 5.82 Å². The van der Waals surface area contributed by atoms with Crippen LogP contribution in [-0.4, -0.2) is 30.4 Å². The number of phenolic OH excluding ortho intramolecular Hbond substituents is 2. The molecule has 4 rings (SSSR count). The fraction of sp³-hybridized carbons (Fsp3) is 0.0556. The number of hydrogen-bond donors (Lipinski definition) is 2. The van der Waals surface area contributed by atoms with Crippen molar-refractivity contribution in [2.45, 2.75) is 0 Å². The van der Waals surface area contributed by atoms with E-state index >= 15 is 0 Å². The van der Waals surface area contributed by atoms with Gasteiger partial charge in [-0.15, -0.1) is 16.4 Å². The molecule has 2 heterocycles. The second-order valence-corrected chi connectivity index (χ2v) is 6.63. The number of hydrogen-bond acceptors (Lipinski definition) is 6. The summed E-state index contributed by atoms with van der Waals surface area (Å²) < 4.78 is 1.63. The first-order valence-electron chi connectivity index (χ1n) is 7.57. The molecule has 0 amide bonds. The number of aromatic hydroxyl groups is 2. The lowest BCUT2D eigenvalue weighted by Gasteiger charge is -2.02. The van der Waals surface area contributed by atoms with Gasteiger partial charge in [-0.2, -0.15) is 0 Å². The summed E-state index contributed by atoms with van der Waals surface area (Å²) in [6.07, 6.45) is 0. The Kier molecular flexibility index (Phi) is 3.70. The monoisotopic (exact) mass is 350 g/mol. The number of thiophene rings is 1. The van der Waals surface area contributed by atoms with Gasteiger partial charge in [0, 0.05) is 22.4 Å². The van der Waals surface area contributed by atoms with Gasteiger partial charge in [-0.1, -0.05) is 0 Å². The van der Waals surface area contributed by atoms with Crippen LogP contribution in [0.5, 0.6) is 11.5 Å². The molecule has 2 N–H and O–H groups in total. The van der Waals surface area contributed by atoms with Gasteiger partial charge in [0.1, 0.15) is 11.5 Å². The van der Waals surface area contributed by atoms with E-state index in [1.807, 2.05) is 30.3 Å². The Balaban J connectivity index is 1.90. The van der Waals surface area contributed by atoms with Gasteiger partial charge in [0.05, 0.1) is 0 Å². The number of tetrazole rings is 1. The van der Waals surface area contributed by atoms with Crippen molar-refractivity contribution in [3.8, 4) is 43.8 Å². The highest BCUT2D eigenvalue weighted by atomic mass is 32.1. The van der Waals surface area contributed by atoms with E-state index in [-0.39, 0.29) is 11.5 Å². The molecule has 2 aromatic heterocycles. The zero-order valence-corrected chi connectivity index (χ0v) is 14.1. The summed E-state index contributed by atoms with van der Waals surface area (Å²) in [5.74, 6) is 1.13. The number of phenols is 2. The summed E-state index contributed by atoms with van der Waals surface area (Å²) in [6, 6.07) is 16.2. The maximum Gasteiger partial charge on any atom is 0.183 e. The SMILES string of the molecule is Cn1nnnc1-c1cc(-c2ccc(O)cc2)sc1-c1ccc(O)cc1. The topological polar surface area (TPSA) is 84.1 Å². The van der Waals surface area contributed by atoms with E-state index in [0.717, 1.165) is 26.4 Å². The average Bonchev–Trinajstić information content (AvgIpc) is 3.22. The van der Waals surface area contributed by atoms with E-state index in [9.17, 15) is 10.2 Å². The van der Waals surface area contributed by atoms with Crippen molar-refractivity contribution in [1.29, 1.82) is 0 Å². The van der Waals surface area contributed by atoms with Crippen LogP contribution in [0.1, 0.15) is 0 Å². The first kappa shape index (κ1) is 15.3. The molecule has 4 aromatic rings. The van der Waals surface area contributed by atoms with E-state index in [4.69, 9.17) is 0 Å². The van der Waals surface area contributed by atoms with Gasteiger partial charge in [-0.05, 0) is 76.2 Å². The minimum absolute atomic E-state index is 0.223. The Bertz CT molecular complexity index is 1020. The smallest absolute Gasteiger partial charge is 0.183 e. The van der Waals surface area contributed by atoms with Crippen molar-refractivity contribution >= 4 is 11.3 Å². The molecular weight excluding hydrogens is 336 g/mol. The molecule has 0 unspecified atom stereocenters. The molecule has 7 heteroatoms. The van der Waals surface area contributed by atoms with Crippen LogP contribution in [0.25, 0.3) is 32.3 Å². The highest BCUT2D eigenvalue weighted by Gasteiger charge is 2.18. The highest BCUT2D eigenvalue weighted by Crippen LogP contribution is 2.43. The van der Waals surface area contributed by atoms with Gasteiger partial charge in [0.2, 0.25) is 0 Å². The number of aromatic nitrogens is 4. The Hall–Kier alpha value is -3.19. The summed E-state index contributed by atoms with van der Waals surface area (Å²) in [7, 11) is 1.80. The molecular formula is C18H14N4O2S. The number of rotatable bonds is 3. The fourth-order valence-corrected chi connectivity index (χ4v) is 3.77. The molecule has 2 aromatic carbocycles. The Labute approximate surface area is 147 Å². The van der Waals surface area contributed by atoms with Crippen LogP contribution in [0.3, 0.4) is 0 Å². The lowest BCUT2D eigenvalue weighted by molar-refractivity contribution is 0.475. The number of benzene rings is 2. The molecule has 124 valence electrons. The second kappa shape index (κ2) is 6.03. The van der Waals surface area contributed by atoms with Gasteiger partial charge in [-0.3, -0.25) is 0 Å². The van der Waals surface area contributed by atoms with Gasteiger partial charge < -0.3 is 10.2 Å². The summed E-state index contributed by atoms with van der Waals surface area (Å²) >= 11 is 1.61. The minimum Gasteiger partial charge on any atom is -0.508 e. The molecule has 6 nitrogen and oxygen atoms in total. The molecule has 0 aliphatic heterocycles. The van der Waals surface area contributed by atoms with Crippen LogP contribution in [0.4, 0.5) is 0 Å². The van der Waals surface area contributed by atoms with Crippen molar-refractivity contribution in [3.63, 3.8) is 0 Å². The number of nitrogens with zero attached hydrogens (tertiary/aromatic N) is 4. The minimum atomic E-state index is 0.223. The Morgan fingerprint density at radius 3 is 2.04 bits per heavy atom. The fourth-order valence-electron chi connectivity index (χ4n) is 2.61. The van der Waals surface area contributed by atoms with Crippen LogP contribution in [0.2, 0.25) is 0 Å². The average molecular weight is 350 g/mol. The Morgan fingerprint density at radius 1 is 0.880 bits per heavy atom. The van der Waals surface area contributed by atoms with E-state index in [2.05, 4.69) is 15.5 Å². The predicted molar refractivity (Wildman–Crippen MR) is 96.3 cm³/mol. The van der Waals surface area contributed by atoms with Crippen LogP contribution in [0.15, 0.2) is 54.6 Å². The van der Waals surface area contributed by atoms with Crippen LogP contribution in [-0.2, 0) is 7.05 Å². The Morgan fingerprint density at radius 2 is 1.48 bits per heavy atom. The quantitative estimate of drug-likeness (QED) is 0.589. The molecule has 0 atom stereocenters. The van der Waals surface area contributed by atoms with Crippen molar-refractivity contribution in [2.24, 2.45) is 7.05 Å². The zero-order chi connectivity index (χ0) is 17.4. The molecule has 0 aliphatic rings. The third-order valence-corrected chi connectivity index (χ3v) is 5.11. The van der Waals surface area contributed by atoms with Crippen molar-refractivity contribution in [3.05, 3.63) is 54.6 Å². The van der Waals surface area contributed by atoms with E-state index in [1.165, 1.54) is 0 Å². The third-order valence-electron chi connectivity index (χ3n) is 3.87. The van der Waals surface area contributed by atoms with Crippen molar-refractivity contribution in [2.75, 3.05) is 0 Å². The molecule has 0 bridgehead atoms. The lowest BCUT2D eigenvalue weighted by Crippen LogP contribution is -1.94. The molecule has 0 aliphatic carbocycles. The molecule has 0 radical (unpaired) electrons. The first-order valence-corrected chi connectivity index (χ1v) is 8.39. The second-order valence-electron chi connectivity index (χ2n) is 5.57. The normalized spacial score (nSPS) is 10.9. The van der Waals surface area contributed by atoms with Crippen LogP contribution in [0, 0.1) is 0 Å². The molecule has 0 saturated heterocycles. The zero-order valence-electron chi connectivity index (χ0n) is 13.3. The van der Waals surface area contributed by atoms with Crippen LogP contribution < -0.4 is 0 Å². The van der Waals surface area contributed by atoms with Crippen molar-refractivity contribution < 1.29 is 10.2 Å². The van der Waals surface area contributed by atoms with Gasteiger partial charge in [-0.25, -0.2) is 4.68 Å². The summed E-state index contributed by atoms with van der Waals surface area (Å²) in [4.78, 5) is 2.06. The van der Waals surface area contributed by atoms with Crippen molar-refractivity contribution in [1.82, 2.24) is 20.2 Å². The van der Waals surface area contributed by atoms with Gasteiger partial charge >= 0.3 is 0 Å². The molecule has 0 spiro atoms. The van der Waals surface area contributed by atoms with E-state index in [1.54, 1.807) is 47.3 Å². The largest absolute Gasteiger partial charge is 0.508 e. The molecule has 0 fully saturated rings. The summed E-state index contributed by atoms with van der Waals surface area (Å²) in [5, 5.41) is 30.8. The van der Waals surface area contributed by atoms with Gasteiger partial charge in [0.25, 0.3) is 0 Å². The number of aryl methyl sites for hydroxylation is 1. The first-order chi connectivity index (χ1) is 12.1.